The van der Waals surface area contributed by atoms with Crippen molar-refractivity contribution in [1.29, 1.82) is 0 Å². The van der Waals surface area contributed by atoms with E-state index in [1.54, 1.807) is 0 Å². The third kappa shape index (κ3) is 3.54. The zero-order valence-electron chi connectivity index (χ0n) is 18.7. The fraction of sp³-hybridized carbons (Fsp3) is 0.720. The Bertz CT molecular complexity index is 783. The third-order valence-corrected chi connectivity index (χ3v) is 8.26. The summed E-state index contributed by atoms with van der Waals surface area (Å²) in [6.07, 6.45) is 7.83. The van der Waals surface area contributed by atoms with Crippen molar-refractivity contribution in [2.45, 2.75) is 70.9 Å². The molecule has 4 fully saturated rings. The van der Waals surface area contributed by atoms with E-state index < -0.39 is 0 Å². The van der Waals surface area contributed by atoms with Gasteiger partial charge in [-0.2, -0.15) is 0 Å². The molecule has 0 N–H and O–H groups in total. The van der Waals surface area contributed by atoms with E-state index >= 15 is 0 Å². The molecule has 4 heterocycles. The molecule has 1 amide bonds. The van der Waals surface area contributed by atoms with E-state index in [1.165, 1.54) is 37.1 Å². The van der Waals surface area contributed by atoms with Crippen LogP contribution in [0.25, 0.3) is 0 Å². The number of ether oxygens (including phenoxy) is 1. The fourth-order valence-corrected chi connectivity index (χ4v) is 6.41. The number of hydrogen-bond donors (Lipinski definition) is 0. The van der Waals surface area contributed by atoms with Crippen molar-refractivity contribution in [3.05, 3.63) is 23.8 Å². The number of rotatable bonds is 3. The largest absolute Gasteiger partial charge is 0.381 e. The monoisotopic (exact) mass is 411 g/mol. The lowest BCUT2D eigenvalue weighted by molar-refractivity contribution is -0.136. The molecule has 164 valence electrons. The van der Waals surface area contributed by atoms with Gasteiger partial charge in [0.25, 0.3) is 0 Å². The Morgan fingerprint density at radius 1 is 1.03 bits per heavy atom. The molecule has 2 atom stereocenters. The Morgan fingerprint density at radius 3 is 2.60 bits per heavy atom. The number of aryl methyl sites for hydroxylation is 1. The number of amides is 1. The highest BCUT2D eigenvalue weighted by Crippen LogP contribution is 2.42. The maximum Gasteiger partial charge on any atom is 0.233 e. The Hall–Kier alpha value is -1.59. The van der Waals surface area contributed by atoms with Crippen LogP contribution in [0.15, 0.2) is 18.2 Å². The molecule has 1 spiro atoms. The van der Waals surface area contributed by atoms with Crippen molar-refractivity contribution in [1.82, 2.24) is 4.90 Å². The standard InChI is InChI=1S/C25H37N3O2/c1-19-17-21(26-14-8-22(18-26)27-12-3-5-20(27)2)6-7-23(19)28-13-4-9-25(24(28)29)10-15-30-16-11-25/h6-7,17,20,22H,3-5,8-16,18H2,1-2H3. The predicted octanol–water partition coefficient (Wildman–Crippen LogP) is 3.98. The van der Waals surface area contributed by atoms with E-state index in [0.717, 1.165) is 70.3 Å². The smallest absolute Gasteiger partial charge is 0.233 e. The maximum absolute atomic E-state index is 13.5. The summed E-state index contributed by atoms with van der Waals surface area (Å²) in [6.45, 7) is 10.4. The molecule has 4 saturated heterocycles. The van der Waals surface area contributed by atoms with Crippen molar-refractivity contribution in [2.75, 3.05) is 49.2 Å². The lowest BCUT2D eigenvalue weighted by atomic mass is 9.73. The highest BCUT2D eigenvalue weighted by Gasteiger charge is 2.45. The average molecular weight is 412 g/mol. The van der Waals surface area contributed by atoms with E-state index in [0.29, 0.717) is 11.9 Å². The molecule has 5 heteroatoms. The van der Waals surface area contributed by atoms with Crippen LogP contribution in [0.4, 0.5) is 11.4 Å². The van der Waals surface area contributed by atoms with E-state index in [9.17, 15) is 4.79 Å². The van der Waals surface area contributed by atoms with Gasteiger partial charge in [0.2, 0.25) is 5.91 Å². The second-order valence-electron chi connectivity index (χ2n) is 10.0. The van der Waals surface area contributed by atoms with Gasteiger partial charge in [-0.1, -0.05) is 0 Å². The van der Waals surface area contributed by atoms with Gasteiger partial charge in [-0.05, 0) is 89.1 Å². The number of carbonyl (C=O) groups is 1. The number of hydrogen-bond acceptors (Lipinski definition) is 4. The Kier molecular flexibility index (Phi) is 5.53. The van der Waals surface area contributed by atoms with Crippen molar-refractivity contribution < 1.29 is 9.53 Å². The molecule has 1 aromatic rings. The minimum atomic E-state index is -0.184. The third-order valence-electron chi connectivity index (χ3n) is 8.26. The Morgan fingerprint density at radius 2 is 1.87 bits per heavy atom. The number of anilines is 2. The molecule has 0 aliphatic carbocycles. The van der Waals surface area contributed by atoms with Crippen LogP contribution in [-0.4, -0.2) is 62.3 Å². The molecule has 2 unspecified atom stereocenters. The lowest BCUT2D eigenvalue weighted by Crippen LogP contribution is -2.51. The van der Waals surface area contributed by atoms with Crippen molar-refractivity contribution >= 4 is 17.3 Å². The minimum Gasteiger partial charge on any atom is -0.381 e. The summed E-state index contributed by atoms with van der Waals surface area (Å²) in [5, 5.41) is 0. The summed E-state index contributed by atoms with van der Waals surface area (Å²) in [4.78, 5) is 20.8. The summed E-state index contributed by atoms with van der Waals surface area (Å²) in [5.41, 5.74) is 3.47. The van der Waals surface area contributed by atoms with Crippen LogP contribution in [0.3, 0.4) is 0 Å². The molecule has 30 heavy (non-hydrogen) atoms. The normalized spacial score (nSPS) is 29.9. The van der Waals surface area contributed by atoms with Gasteiger partial charge in [-0.3, -0.25) is 9.69 Å². The number of likely N-dealkylation sites (tertiary alicyclic amines) is 1. The molecule has 0 bridgehead atoms. The first-order chi connectivity index (χ1) is 14.6. The molecular formula is C25H37N3O2. The maximum atomic E-state index is 13.5. The van der Waals surface area contributed by atoms with Gasteiger partial charge in [-0.15, -0.1) is 0 Å². The van der Waals surface area contributed by atoms with Gasteiger partial charge in [0.05, 0.1) is 5.41 Å². The highest BCUT2D eigenvalue weighted by atomic mass is 16.5. The van der Waals surface area contributed by atoms with Gasteiger partial charge in [-0.25, -0.2) is 0 Å². The van der Waals surface area contributed by atoms with Crippen LogP contribution in [0.2, 0.25) is 0 Å². The van der Waals surface area contributed by atoms with Crippen LogP contribution in [-0.2, 0) is 9.53 Å². The average Bonchev–Trinajstić information content (AvgIpc) is 3.40. The second-order valence-corrected chi connectivity index (χ2v) is 10.0. The fourth-order valence-electron chi connectivity index (χ4n) is 6.41. The molecule has 5 nitrogen and oxygen atoms in total. The van der Waals surface area contributed by atoms with Crippen LogP contribution < -0.4 is 9.80 Å². The van der Waals surface area contributed by atoms with Crippen molar-refractivity contribution in [3.8, 4) is 0 Å². The SMILES string of the molecule is Cc1cc(N2CCC(N3CCCC3C)C2)ccc1N1CCCC2(CCOCC2)C1=O. The zero-order chi connectivity index (χ0) is 20.7. The molecule has 5 rings (SSSR count). The first-order valence-corrected chi connectivity index (χ1v) is 12.1. The second kappa shape index (κ2) is 8.16. The topological polar surface area (TPSA) is 36.0 Å². The van der Waals surface area contributed by atoms with Crippen molar-refractivity contribution in [3.63, 3.8) is 0 Å². The molecule has 4 aliphatic heterocycles. The van der Waals surface area contributed by atoms with Gasteiger partial charge in [0.15, 0.2) is 0 Å². The Labute approximate surface area is 181 Å². The van der Waals surface area contributed by atoms with E-state index in [-0.39, 0.29) is 5.41 Å². The van der Waals surface area contributed by atoms with Gasteiger partial charge in [0, 0.05) is 56.3 Å². The van der Waals surface area contributed by atoms with Gasteiger partial charge >= 0.3 is 0 Å². The summed E-state index contributed by atoms with van der Waals surface area (Å²) < 4.78 is 5.56. The molecule has 0 aromatic heterocycles. The summed E-state index contributed by atoms with van der Waals surface area (Å²) in [5.74, 6) is 0.331. The number of benzene rings is 1. The quantitative estimate of drug-likeness (QED) is 0.754. The highest BCUT2D eigenvalue weighted by molar-refractivity contribution is 5.99. The zero-order valence-corrected chi connectivity index (χ0v) is 18.7. The van der Waals surface area contributed by atoms with Crippen LogP contribution in [0.5, 0.6) is 0 Å². The molecular weight excluding hydrogens is 374 g/mol. The Balaban J connectivity index is 1.31. The molecule has 0 radical (unpaired) electrons. The van der Waals surface area contributed by atoms with E-state index in [1.807, 2.05) is 0 Å². The van der Waals surface area contributed by atoms with Crippen LogP contribution in [0.1, 0.15) is 57.4 Å². The summed E-state index contributed by atoms with van der Waals surface area (Å²) in [6, 6.07) is 8.19. The van der Waals surface area contributed by atoms with Crippen LogP contribution >= 0.6 is 0 Å². The van der Waals surface area contributed by atoms with E-state index in [4.69, 9.17) is 4.74 Å². The number of carbonyl (C=O) groups excluding carboxylic acids is 1. The van der Waals surface area contributed by atoms with Crippen LogP contribution in [0, 0.1) is 12.3 Å². The van der Waals surface area contributed by atoms with Crippen molar-refractivity contribution in [2.24, 2.45) is 5.41 Å². The minimum absolute atomic E-state index is 0.184. The lowest BCUT2D eigenvalue weighted by Gasteiger charge is -2.44. The number of piperidine rings is 1. The van der Waals surface area contributed by atoms with E-state index in [2.05, 4.69) is 46.7 Å². The van der Waals surface area contributed by atoms with Gasteiger partial charge in [0.1, 0.15) is 0 Å². The molecule has 4 aliphatic rings. The molecule has 1 aromatic carbocycles. The first-order valence-electron chi connectivity index (χ1n) is 12.1. The first kappa shape index (κ1) is 20.3. The van der Waals surface area contributed by atoms with Gasteiger partial charge < -0.3 is 14.5 Å². The predicted molar refractivity (Wildman–Crippen MR) is 121 cm³/mol. The number of nitrogens with zero attached hydrogens (tertiary/aromatic N) is 3. The molecule has 0 saturated carbocycles. The summed E-state index contributed by atoms with van der Waals surface area (Å²) >= 11 is 0. The summed E-state index contributed by atoms with van der Waals surface area (Å²) in [7, 11) is 0.